The average Bonchev–Trinajstić information content (AvgIpc) is 2.15. The van der Waals surface area contributed by atoms with E-state index in [2.05, 4.69) is 22.6 Å². The van der Waals surface area contributed by atoms with Crippen LogP contribution < -0.4 is 4.74 Å². The van der Waals surface area contributed by atoms with E-state index in [1.807, 2.05) is 6.07 Å². The van der Waals surface area contributed by atoms with Crippen molar-refractivity contribution in [1.29, 1.82) is 5.26 Å². The van der Waals surface area contributed by atoms with E-state index in [-0.39, 0.29) is 0 Å². The third-order valence-corrected chi connectivity index (χ3v) is 2.51. The highest BCUT2D eigenvalue weighted by Crippen LogP contribution is 2.30. The molecule has 0 atom stereocenters. The Hall–Kier alpha value is -0.180. The molecule has 0 aliphatic carbocycles. The van der Waals surface area contributed by atoms with Gasteiger partial charge in [-0.05, 0) is 34.7 Å². The summed E-state index contributed by atoms with van der Waals surface area (Å²) in [6, 6.07) is 5.49. The van der Waals surface area contributed by atoms with Crippen LogP contribution in [0.2, 0.25) is 5.02 Å². The molecule has 0 aliphatic rings. The van der Waals surface area contributed by atoms with Crippen molar-refractivity contribution >= 4 is 45.8 Å². The molecule has 0 aromatic heterocycles. The third kappa shape index (κ3) is 2.91. The first-order valence-electron chi connectivity index (χ1n) is 3.77. The first-order valence-corrected chi connectivity index (χ1v) is 5.76. The van der Waals surface area contributed by atoms with Gasteiger partial charge >= 0.3 is 0 Å². The van der Waals surface area contributed by atoms with Crippen molar-refractivity contribution in [1.82, 2.24) is 0 Å². The zero-order valence-electron chi connectivity index (χ0n) is 7.06. The van der Waals surface area contributed by atoms with Gasteiger partial charge in [0.1, 0.15) is 12.7 Å². The summed E-state index contributed by atoms with van der Waals surface area (Å²) in [7, 11) is 0. The molecule has 1 rings (SSSR count). The zero-order valence-corrected chi connectivity index (χ0v) is 10.7. The summed E-state index contributed by atoms with van der Waals surface area (Å²) in [4.78, 5) is 0. The van der Waals surface area contributed by atoms with Crippen LogP contribution in [0.25, 0.3) is 0 Å². The van der Waals surface area contributed by atoms with Gasteiger partial charge in [-0.15, -0.1) is 11.6 Å². The van der Waals surface area contributed by atoms with Crippen LogP contribution in [0.5, 0.6) is 5.75 Å². The molecular weight excluding hydrogens is 336 g/mol. The van der Waals surface area contributed by atoms with E-state index in [1.54, 1.807) is 12.1 Å². The summed E-state index contributed by atoms with van der Waals surface area (Å²) < 4.78 is 6.18. The number of alkyl halides is 1. The second-order valence-corrected chi connectivity index (χ2v) is 4.44. The number of rotatable bonds is 3. The molecule has 2 nitrogen and oxygen atoms in total. The molecule has 5 heteroatoms. The van der Waals surface area contributed by atoms with Crippen molar-refractivity contribution in [3.05, 3.63) is 26.3 Å². The van der Waals surface area contributed by atoms with Crippen molar-refractivity contribution in [2.24, 2.45) is 0 Å². The predicted octanol–water partition coefficient (Wildman–Crippen LogP) is 3.43. The Morgan fingerprint density at radius 1 is 1.50 bits per heavy atom. The predicted molar refractivity (Wildman–Crippen MR) is 65.1 cm³/mol. The van der Waals surface area contributed by atoms with Crippen LogP contribution in [0.3, 0.4) is 0 Å². The maximum Gasteiger partial charge on any atom is 0.155 e. The molecule has 74 valence electrons. The summed E-state index contributed by atoms with van der Waals surface area (Å²) in [5, 5.41) is 9.28. The molecule has 0 N–H and O–H groups in total. The Morgan fingerprint density at radius 2 is 2.21 bits per heavy atom. The van der Waals surface area contributed by atoms with Gasteiger partial charge in [0.15, 0.2) is 5.75 Å². The van der Waals surface area contributed by atoms with Crippen molar-refractivity contribution in [3.8, 4) is 11.8 Å². The smallest absolute Gasteiger partial charge is 0.155 e. The lowest BCUT2D eigenvalue weighted by Gasteiger charge is -2.08. The fraction of sp³-hybridized carbons (Fsp3) is 0.222. The number of benzene rings is 1. The van der Waals surface area contributed by atoms with Crippen molar-refractivity contribution in [3.63, 3.8) is 0 Å². The van der Waals surface area contributed by atoms with E-state index in [0.29, 0.717) is 28.8 Å². The minimum absolute atomic E-state index is 0.344. The number of ether oxygens (including phenoxy) is 1. The minimum Gasteiger partial charge on any atom is -0.489 e. The highest BCUT2D eigenvalue weighted by Gasteiger charge is 2.09. The number of hydrogen-bond acceptors (Lipinski definition) is 2. The molecule has 1 aromatic rings. The van der Waals surface area contributed by atoms with Crippen LogP contribution >= 0.6 is 45.8 Å². The largest absolute Gasteiger partial charge is 0.489 e. The SMILES string of the molecule is N#Cc1cc(I)cc(Cl)c1OCCCl. The lowest BCUT2D eigenvalue weighted by molar-refractivity contribution is 0.342. The zero-order chi connectivity index (χ0) is 10.6. The molecule has 0 heterocycles. The first kappa shape index (κ1) is 11.9. The summed E-state index contributed by atoms with van der Waals surface area (Å²) in [5.74, 6) is 0.780. The van der Waals surface area contributed by atoms with E-state index >= 15 is 0 Å². The van der Waals surface area contributed by atoms with E-state index < -0.39 is 0 Å². The van der Waals surface area contributed by atoms with E-state index in [4.69, 9.17) is 33.2 Å². The number of halogens is 3. The molecule has 0 amide bonds. The van der Waals surface area contributed by atoms with Gasteiger partial charge in [0, 0.05) is 3.57 Å². The van der Waals surface area contributed by atoms with Gasteiger partial charge in [0.25, 0.3) is 0 Å². The maximum absolute atomic E-state index is 8.84. The van der Waals surface area contributed by atoms with Crippen LogP contribution in [0, 0.1) is 14.9 Å². The van der Waals surface area contributed by atoms with E-state index in [0.717, 1.165) is 3.57 Å². The molecule has 1 aromatic carbocycles. The summed E-state index contributed by atoms with van der Waals surface area (Å²) >= 11 is 13.5. The van der Waals surface area contributed by atoms with Crippen LogP contribution in [-0.4, -0.2) is 12.5 Å². The molecule has 0 aliphatic heterocycles. The van der Waals surface area contributed by atoms with Crippen LogP contribution in [-0.2, 0) is 0 Å². The number of nitrogens with zero attached hydrogens (tertiary/aromatic N) is 1. The highest BCUT2D eigenvalue weighted by atomic mass is 127. The van der Waals surface area contributed by atoms with Gasteiger partial charge in [-0.1, -0.05) is 11.6 Å². The maximum atomic E-state index is 8.84. The summed E-state index contributed by atoms with van der Waals surface area (Å²) in [6.45, 7) is 0.344. The van der Waals surface area contributed by atoms with Crippen LogP contribution in [0.15, 0.2) is 12.1 Å². The molecule has 0 unspecified atom stereocenters. The second-order valence-electron chi connectivity index (χ2n) is 2.41. The first-order chi connectivity index (χ1) is 6.69. The van der Waals surface area contributed by atoms with Gasteiger partial charge in [-0.25, -0.2) is 0 Å². The van der Waals surface area contributed by atoms with Gasteiger partial charge in [-0.2, -0.15) is 5.26 Å². The Kier molecular flexibility index (Phi) is 4.79. The Balaban J connectivity index is 3.07. The standard InChI is InChI=1S/C9H6Cl2INO/c10-1-2-14-9-6(5-13)3-7(12)4-8(9)11/h3-4H,1-2H2. The number of nitriles is 1. The minimum atomic E-state index is 0.344. The van der Waals surface area contributed by atoms with Gasteiger partial charge in [0.05, 0.1) is 16.5 Å². The lowest BCUT2D eigenvalue weighted by Crippen LogP contribution is -2.00. The van der Waals surface area contributed by atoms with Crippen molar-refractivity contribution in [2.45, 2.75) is 0 Å². The fourth-order valence-electron chi connectivity index (χ4n) is 0.931. The van der Waals surface area contributed by atoms with Crippen molar-refractivity contribution in [2.75, 3.05) is 12.5 Å². The van der Waals surface area contributed by atoms with Gasteiger partial charge < -0.3 is 4.74 Å². The monoisotopic (exact) mass is 341 g/mol. The van der Waals surface area contributed by atoms with E-state index in [1.165, 1.54) is 0 Å². The molecular formula is C9H6Cl2INO. The lowest BCUT2D eigenvalue weighted by atomic mass is 10.2. The number of hydrogen-bond donors (Lipinski definition) is 0. The van der Waals surface area contributed by atoms with Crippen LogP contribution in [0.1, 0.15) is 5.56 Å². The Morgan fingerprint density at radius 3 is 2.79 bits per heavy atom. The normalized spacial score (nSPS) is 9.57. The third-order valence-electron chi connectivity index (χ3n) is 1.45. The molecule has 0 saturated carbocycles. The Bertz CT molecular complexity index is 376. The average molecular weight is 342 g/mol. The highest BCUT2D eigenvalue weighted by molar-refractivity contribution is 14.1. The summed E-state index contributed by atoms with van der Waals surface area (Å²) in [5.41, 5.74) is 0.437. The van der Waals surface area contributed by atoms with Gasteiger partial charge in [0.2, 0.25) is 0 Å². The fourth-order valence-corrected chi connectivity index (χ4v) is 2.09. The molecule has 0 fully saturated rings. The van der Waals surface area contributed by atoms with Crippen molar-refractivity contribution < 1.29 is 4.74 Å². The Labute approximate surface area is 106 Å². The van der Waals surface area contributed by atoms with Gasteiger partial charge in [-0.3, -0.25) is 0 Å². The second kappa shape index (κ2) is 5.64. The quantitative estimate of drug-likeness (QED) is 0.623. The van der Waals surface area contributed by atoms with E-state index in [9.17, 15) is 0 Å². The molecule has 0 saturated heterocycles. The summed E-state index contributed by atoms with van der Waals surface area (Å²) in [6.07, 6.45) is 0. The molecule has 0 spiro atoms. The molecule has 0 radical (unpaired) electrons. The van der Waals surface area contributed by atoms with Crippen LogP contribution in [0.4, 0.5) is 0 Å². The molecule has 0 bridgehead atoms. The topological polar surface area (TPSA) is 33.0 Å². The molecule has 14 heavy (non-hydrogen) atoms.